The molecule has 0 aliphatic carbocycles. The van der Waals surface area contributed by atoms with Gasteiger partial charge in [0.25, 0.3) is 0 Å². The Balaban J connectivity index is 3.88. The minimum absolute atomic E-state index is 0.507. The number of carbonyl (C=O) groups is 2. The summed E-state index contributed by atoms with van der Waals surface area (Å²) in [5.74, 6) is -0.922. The van der Waals surface area contributed by atoms with Gasteiger partial charge in [0.2, 0.25) is 0 Å². The molecule has 148 valence electrons. The van der Waals surface area contributed by atoms with Crippen LogP contribution in [0.5, 0.6) is 0 Å². The van der Waals surface area contributed by atoms with Crippen molar-refractivity contribution in [3.63, 3.8) is 0 Å². The van der Waals surface area contributed by atoms with Crippen LogP contribution in [0.15, 0.2) is 0 Å². The fourth-order valence-electron chi connectivity index (χ4n) is 3.48. The molecule has 0 aromatic rings. The first-order valence-electron chi connectivity index (χ1n) is 10.8. The second kappa shape index (κ2) is 16.6. The van der Waals surface area contributed by atoms with Crippen LogP contribution in [0.2, 0.25) is 0 Å². The zero-order valence-electron chi connectivity index (χ0n) is 16.9. The largest absolute Gasteiger partial charge is 0.481 e. The number of aliphatic carboxylic acids is 1. The van der Waals surface area contributed by atoms with Crippen LogP contribution >= 0.6 is 0 Å². The third kappa shape index (κ3) is 12.2. The fourth-order valence-corrected chi connectivity index (χ4v) is 3.48. The Morgan fingerprint density at radius 2 is 1.00 bits per heavy atom. The summed E-state index contributed by atoms with van der Waals surface area (Å²) in [6.45, 7) is 4.40. The number of carbonyl (C=O) groups excluding carboxylic acids is 1. The summed E-state index contributed by atoms with van der Waals surface area (Å²) in [6, 6.07) is 0. The second-order valence-corrected chi connectivity index (χ2v) is 7.68. The molecule has 3 nitrogen and oxygen atoms in total. The Morgan fingerprint density at radius 3 is 1.28 bits per heavy atom. The van der Waals surface area contributed by atoms with Crippen LogP contribution in [0.1, 0.15) is 123 Å². The van der Waals surface area contributed by atoms with Crippen molar-refractivity contribution >= 4 is 12.3 Å². The summed E-state index contributed by atoms with van der Waals surface area (Å²) >= 11 is 0. The van der Waals surface area contributed by atoms with E-state index in [4.69, 9.17) is 0 Å². The van der Waals surface area contributed by atoms with Gasteiger partial charge in [0.05, 0.1) is 0 Å². The maximum Gasteiger partial charge on any atom is 0.316 e. The maximum absolute atomic E-state index is 11.6. The van der Waals surface area contributed by atoms with Gasteiger partial charge in [0.1, 0.15) is 11.7 Å². The van der Waals surface area contributed by atoms with Crippen LogP contribution in [0, 0.1) is 5.41 Å². The minimum Gasteiger partial charge on any atom is -0.481 e. The highest BCUT2D eigenvalue weighted by Crippen LogP contribution is 2.30. The van der Waals surface area contributed by atoms with Gasteiger partial charge in [-0.15, -0.1) is 0 Å². The van der Waals surface area contributed by atoms with Gasteiger partial charge in [-0.1, -0.05) is 110 Å². The Bertz CT molecular complexity index is 327. The molecule has 0 spiro atoms. The van der Waals surface area contributed by atoms with Crippen molar-refractivity contribution in [2.75, 3.05) is 0 Å². The van der Waals surface area contributed by atoms with Gasteiger partial charge >= 0.3 is 5.97 Å². The average Bonchev–Trinajstić information content (AvgIpc) is 2.61. The number of unbranched alkanes of at least 4 members (excludes halogenated alkanes) is 13. The van der Waals surface area contributed by atoms with Crippen molar-refractivity contribution in [2.24, 2.45) is 5.41 Å². The summed E-state index contributed by atoms with van der Waals surface area (Å²) in [7, 11) is 0. The molecule has 3 heteroatoms. The molecule has 0 bridgehead atoms. The number of rotatable bonds is 19. The number of aldehydes is 1. The Labute approximate surface area is 156 Å². The topological polar surface area (TPSA) is 54.4 Å². The third-order valence-corrected chi connectivity index (χ3v) is 5.35. The normalized spacial score (nSPS) is 13.5. The smallest absolute Gasteiger partial charge is 0.316 e. The van der Waals surface area contributed by atoms with Gasteiger partial charge in [0, 0.05) is 0 Å². The van der Waals surface area contributed by atoms with Crippen LogP contribution in [0.3, 0.4) is 0 Å². The van der Waals surface area contributed by atoms with E-state index >= 15 is 0 Å². The maximum atomic E-state index is 11.6. The first-order valence-corrected chi connectivity index (χ1v) is 10.8. The molecule has 0 saturated heterocycles. The van der Waals surface area contributed by atoms with Crippen LogP contribution in [0.25, 0.3) is 0 Å². The first kappa shape index (κ1) is 24.1. The van der Waals surface area contributed by atoms with Crippen molar-refractivity contribution in [1.82, 2.24) is 0 Å². The van der Waals surface area contributed by atoms with Crippen molar-refractivity contribution in [3.05, 3.63) is 0 Å². The van der Waals surface area contributed by atoms with E-state index in [2.05, 4.69) is 13.8 Å². The van der Waals surface area contributed by atoms with Gasteiger partial charge in [-0.2, -0.15) is 0 Å². The molecule has 0 aliphatic rings. The van der Waals surface area contributed by atoms with Crippen LogP contribution in [-0.2, 0) is 9.59 Å². The monoisotopic (exact) mass is 354 g/mol. The lowest BCUT2D eigenvalue weighted by atomic mass is 9.79. The fraction of sp³-hybridized carbons (Fsp3) is 0.909. The molecule has 1 unspecified atom stereocenters. The number of carboxylic acid groups (broad SMARTS) is 1. The lowest BCUT2D eigenvalue weighted by Crippen LogP contribution is -2.32. The molecule has 0 radical (unpaired) electrons. The molecular formula is C22H42O3. The molecule has 0 aromatic heterocycles. The van der Waals surface area contributed by atoms with E-state index in [1.807, 2.05) is 0 Å². The third-order valence-electron chi connectivity index (χ3n) is 5.35. The first-order chi connectivity index (χ1) is 12.1. The molecule has 0 saturated carbocycles. The predicted octanol–water partition coefficient (Wildman–Crippen LogP) is 6.93. The second-order valence-electron chi connectivity index (χ2n) is 7.68. The lowest BCUT2D eigenvalue weighted by Gasteiger charge is -2.23. The molecule has 0 aliphatic heterocycles. The molecule has 0 rings (SSSR count). The summed E-state index contributed by atoms with van der Waals surface area (Å²) in [5, 5.41) is 9.54. The molecule has 1 N–H and O–H groups in total. The molecule has 0 amide bonds. The number of carboxylic acids is 1. The van der Waals surface area contributed by atoms with E-state index in [0.717, 1.165) is 32.1 Å². The average molecular weight is 355 g/mol. The Morgan fingerprint density at radius 1 is 0.680 bits per heavy atom. The van der Waals surface area contributed by atoms with E-state index in [-0.39, 0.29) is 0 Å². The zero-order valence-corrected chi connectivity index (χ0v) is 16.9. The van der Waals surface area contributed by atoms with E-state index in [1.165, 1.54) is 64.2 Å². The molecule has 0 aromatic carbocycles. The highest BCUT2D eigenvalue weighted by Gasteiger charge is 2.37. The van der Waals surface area contributed by atoms with E-state index in [0.29, 0.717) is 19.1 Å². The van der Waals surface area contributed by atoms with Crippen LogP contribution in [0.4, 0.5) is 0 Å². The molecule has 0 fully saturated rings. The van der Waals surface area contributed by atoms with Crippen molar-refractivity contribution in [1.29, 1.82) is 0 Å². The molecule has 0 heterocycles. The van der Waals surface area contributed by atoms with Crippen molar-refractivity contribution in [3.8, 4) is 0 Å². The Kier molecular flexibility index (Phi) is 16.0. The molecular weight excluding hydrogens is 312 g/mol. The predicted molar refractivity (Wildman–Crippen MR) is 106 cm³/mol. The van der Waals surface area contributed by atoms with Gasteiger partial charge < -0.3 is 9.90 Å². The van der Waals surface area contributed by atoms with Gasteiger partial charge in [-0.25, -0.2) is 0 Å². The van der Waals surface area contributed by atoms with Crippen molar-refractivity contribution < 1.29 is 14.7 Å². The SMILES string of the molecule is CCCCCCCCCCCCC(C=O)(CCCCCCC)C(=O)O. The number of hydrogen-bond donors (Lipinski definition) is 1. The Hall–Kier alpha value is -0.860. The van der Waals surface area contributed by atoms with Gasteiger partial charge in [-0.3, -0.25) is 4.79 Å². The van der Waals surface area contributed by atoms with E-state index in [9.17, 15) is 14.7 Å². The molecule has 1 atom stereocenters. The van der Waals surface area contributed by atoms with Gasteiger partial charge in [-0.05, 0) is 12.8 Å². The quantitative estimate of drug-likeness (QED) is 0.155. The highest BCUT2D eigenvalue weighted by atomic mass is 16.4. The highest BCUT2D eigenvalue weighted by molar-refractivity contribution is 5.91. The number of hydrogen-bond acceptors (Lipinski definition) is 2. The zero-order chi connectivity index (χ0) is 18.8. The lowest BCUT2D eigenvalue weighted by molar-refractivity contribution is -0.152. The van der Waals surface area contributed by atoms with Crippen molar-refractivity contribution in [2.45, 2.75) is 123 Å². The summed E-state index contributed by atoms with van der Waals surface area (Å²) in [6.07, 6.45) is 19.4. The summed E-state index contributed by atoms with van der Waals surface area (Å²) in [4.78, 5) is 23.1. The minimum atomic E-state index is -1.13. The van der Waals surface area contributed by atoms with Crippen LogP contribution < -0.4 is 0 Å². The van der Waals surface area contributed by atoms with E-state index < -0.39 is 11.4 Å². The standard InChI is InChI=1S/C22H42O3/c1-3-5-7-9-10-11-12-13-15-17-19-22(20-23,21(24)25)18-16-14-8-6-4-2/h20H,3-19H2,1-2H3,(H,24,25). The van der Waals surface area contributed by atoms with E-state index in [1.54, 1.807) is 0 Å². The van der Waals surface area contributed by atoms with Crippen LogP contribution in [-0.4, -0.2) is 17.4 Å². The molecule has 25 heavy (non-hydrogen) atoms. The van der Waals surface area contributed by atoms with Gasteiger partial charge in [0.15, 0.2) is 0 Å². The summed E-state index contributed by atoms with van der Waals surface area (Å²) in [5.41, 5.74) is -1.13. The summed E-state index contributed by atoms with van der Waals surface area (Å²) < 4.78 is 0.